The lowest BCUT2D eigenvalue weighted by Gasteiger charge is -2.30. The SMILES string of the molecule is CC(C)C1CCC(CCCS)CC1. The summed E-state index contributed by atoms with van der Waals surface area (Å²) in [6.45, 7) is 4.75. The van der Waals surface area contributed by atoms with Gasteiger partial charge in [-0.3, -0.25) is 0 Å². The zero-order valence-corrected chi connectivity index (χ0v) is 10.0. The van der Waals surface area contributed by atoms with Crippen molar-refractivity contribution < 1.29 is 0 Å². The maximum Gasteiger partial charge on any atom is -0.00978 e. The Hall–Kier alpha value is 0.350. The lowest BCUT2D eigenvalue weighted by atomic mass is 9.76. The van der Waals surface area contributed by atoms with Gasteiger partial charge in [-0.2, -0.15) is 12.6 Å². The summed E-state index contributed by atoms with van der Waals surface area (Å²) in [5, 5.41) is 0. The van der Waals surface area contributed by atoms with E-state index in [1.165, 1.54) is 38.5 Å². The molecule has 0 aromatic heterocycles. The van der Waals surface area contributed by atoms with Gasteiger partial charge < -0.3 is 0 Å². The van der Waals surface area contributed by atoms with E-state index in [2.05, 4.69) is 26.5 Å². The van der Waals surface area contributed by atoms with E-state index in [1.807, 2.05) is 0 Å². The molecular weight excluding hydrogens is 176 g/mol. The van der Waals surface area contributed by atoms with E-state index in [-0.39, 0.29) is 0 Å². The highest BCUT2D eigenvalue weighted by molar-refractivity contribution is 7.80. The number of hydrogen-bond acceptors (Lipinski definition) is 1. The molecule has 1 aliphatic rings. The van der Waals surface area contributed by atoms with Crippen molar-refractivity contribution in [3.05, 3.63) is 0 Å². The van der Waals surface area contributed by atoms with Crippen LogP contribution in [0.4, 0.5) is 0 Å². The van der Waals surface area contributed by atoms with Crippen LogP contribution in [0.15, 0.2) is 0 Å². The standard InChI is InChI=1S/C12H24S/c1-10(2)12-7-5-11(6-8-12)4-3-9-13/h10-13H,3-9H2,1-2H3. The molecule has 1 rings (SSSR count). The maximum absolute atomic E-state index is 4.27. The molecule has 1 aliphatic carbocycles. The Morgan fingerprint density at radius 1 is 1.15 bits per heavy atom. The van der Waals surface area contributed by atoms with Crippen LogP contribution >= 0.6 is 12.6 Å². The van der Waals surface area contributed by atoms with Crippen molar-refractivity contribution in [1.29, 1.82) is 0 Å². The average Bonchev–Trinajstić information content (AvgIpc) is 2.15. The Bertz CT molecular complexity index is 123. The number of thiol groups is 1. The van der Waals surface area contributed by atoms with E-state index in [0.29, 0.717) is 0 Å². The molecule has 13 heavy (non-hydrogen) atoms. The molecule has 0 amide bonds. The van der Waals surface area contributed by atoms with Crippen LogP contribution < -0.4 is 0 Å². The second-order valence-electron chi connectivity index (χ2n) is 4.89. The minimum atomic E-state index is 0.908. The third kappa shape index (κ3) is 3.93. The van der Waals surface area contributed by atoms with Crippen LogP contribution in [0.5, 0.6) is 0 Å². The largest absolute Gasteiger partial charge is 0.179 e. The first kappa shape index (κ1) is 11.4. The molecule has 1 saturated carbocycles. The first-order valence-corrected chi connectivity index (χ1v) is 6.48. The van der Waals surface area contributed by atoms with Crippen LogP contribution in [0.2, 0.25) is 0 Å². The highest BCUT2D eigenvalue weighted by Gasteiger charge is 2.22. The minimum absolute atomic E-state index is 0.908. The van der Waals surface area contributed by atoms with Gasteiger partial charge in [0.05, 0.1) is 0 Å². The Morgan fingerprint density at radius 2 is 1.77 bits per heavy atom. The molecule has 0 radical (unpaired) electrons. The van der Waals surface area contributed by atoms with Gasteiger partial charge >= 0.3 is 0 Å². The molecule has 0 spiro atoms. The predicted molar refractivity (Wildman–Crippen MR) is 63.4 cm³/mol. The smallest absolute Gasteiger partial charge is 0.00978 e. The topological polar surface area (TPSA) is 0 Å². The Labute approximate surface area is 88.9 Å². The lowest BCUT2D eigenvalue weighted by Crippen LogP contribution is -2.18. The van der Waals surface area contributed by atoms with Gasteiger partial charge in [-0.15, -0.1) is 0 Å². The monoisotopic (exact) mass is 200 g/mol. The Morgan fingerprint density at radius 3 is 2.23 bits per heavy atom. The lowest BCUT2D eigenvalue weighted by molar-refractivity contribution is 0.216. The van der Waals surface area contributed by atoms with Crippen molar-refractivity contribution in [3.8, 4) is 0 Å². The Kier molecular flexibility index (Phi) is 5.23. The molecule has 78 valence electrons. The van der Waals surface area contributed by atoms with E-state index in [1.54, 1.807) is 0 Å². The van der Waals surface area contributed by atoms with Crippen LogP contribution in [0.3, 0.4) is 0 Å². The summed E-state index contributed by atoms with van der Waals surface area (Å²) >= 11 is 4.27. The summed E-state index contributed by atoms with van der Waals surface area (Å²) < 4.78 is 0. The fraction of sp³-hybridized carbons (Fsp3) is 1.00. The highest BCUT2D eigenvalue weighted by atomic mass is 32.1. The average molecular weight is 200 g/mol. The first-order chi connectivity index (χ1) is 6.24. The van der Waals surface area contributed by atoms with Gasteiger partial charge in [-0.1, -0.05) is 26.7 Å². The van der Waals surface area contributed by atoms with Gasteiger partial charge in [-0.05, 0) is 49.2 Å². The molecule has 0 aliphatic heterocycles. The molecule has 0 saturated heterocycles. The van der Waals surface area contributed by atoms with Crippen LogP contribution in [0, 0.1) is 17.8 Å². The maximum atomic E-state index is 4.27. The molecule has 0 bridgehead atoms. The molecule has 0 aromatic carbocycles. The van der Waals surface area contributed by atoms with E-state index < -0.39 is 0 Å². The van der Waals surface area contributed by atoms with Crippen molar-refractivity contribution in [2.75, 3.05) is 5.75 Å². The van der Waals surface area contributed by atoms with E-state index in [4.69, 9.17) is 0 Å². The summed E-state index contributed by atoms with van der Waals surface area (Å²) in [7, 11) is 0. The third-order valence-corrected chi connectivity index (χ3v) is 3.92. The van der Waals surface area contributed by atoms with E-state index in [9.17, 15) is 0 Å². The molecule has 0 nitrogen and oxygen atoms in total. The molecule has 0 atom stereocenters. The summed E-state index contributed by atoms with van der Waals surface area (Å²) in [5.41, 5.74) is 0. The normalized spacial score (nSPS) is 29.5. The van der Waals surface area contributed by atoms with Crippen molar-refractivity contribution in [1.82, 2.24) is 0 Å². The summed E-state index contributed by atoms with van der Waals surface area (Å²) in [6, 6.07) is 0. The predicted octanol–water partition coefficient (Wildman–Crippen LogP) is 4.16. The second-order valence-corrected chi connectivity index (χ2v) is 5.34. The molecule has 0 aromatic rings. The fourth-order valence-electron chi connectivity index (χ4n) is 2.52. The van der Waals surface area contributed by atoms with Gasteiger partial charge in [-0.25, -0.2) is 0 Å². The van der Waals surface area contributed by atoms with Crippen molar-refractivity contribution in [2.24, 2.45) is 17.8 Å². The number of hydrogen-bond donors (Lipinski definition) is 1. The Balaban J connectivity index is 2.15. The van der Waals surface area contributed by atoms with Crippen molar-refractivity contribution >= 4 is 12.6 Å². The van der Waals surface area contributed by atoms with Gasteiger partial charge in [0.15, 0.2) is 0 Å². The minimum Gasteiger partial charge on any atom is -0.179 e. The van der Waals surface area contributed by atoms with Crippen LogP contribution in [0.25, 0.3) is 0 Å². The first-order valence-electron chi connectivity index (χ1n) is 5.85. The van der Waals surface area contributed by atoms with Crippen molar-refractivity contribution in [2.45, 2.75) is 52.4 Å². The number of rotatable bonds is 4. The summed E-state index contributed by atoms with van der Waals surface area (Å²) in [4.78, 5) is 0. The van der Waals surface area contributed by atoms with Crippen LogP contribution in [-0.4, -0.2) is 5.75 Å². The van der Waals surface area contributed by atoms with Gasteiger partial charge in [0.1, 0.15) is 0 Å². The highest BCUT2D eigenvalue weighted by Crippen LogP contribution is 2.35. The second kappa shape index (κ2) is 5.95. The molecular formula is C12H24S. The van der Waals surface area contributed by atoms with Crippen molar-refractivity contribution in [3.63, 3.8) is 0 Å². The summed E-state index contributed by atoms with van der Waals surface area (Å²) in [6.07, 6.45) is 8.67. The fourth-order valence-corrected chi connectivity index (χ4v) is 2.71. The zero-order chi connectivity index (χ0) is 9.68. The van der Waals surface area contributed by atoms with Crippen LogP contribution in [-0.2, 0) is 0 Å². The van der Waals surface area contributed by atoms with E-state index in [0.717, 1.165) is 23.5 Å². The quantitative estimate of drug-likeness (QED) is 0.647. The third-order valence-electron chi connectivity index (χ3n) is 3.60. The van der Waals surface area contributed by atoms with Gasteiger partial charge in [0.25, 0.3) is 0 Å². The molecule has 0 unspecified atom stereocenters. The molecule has 1 heteroatoms. The zero-order valence-electron chi connectivity index (χ0n) is 9.13. The van der Waals surface area contributed by atoms with Gasteiger partial charge in [0, 0.05) is 0 Å². The molecule has 0 N–H and O–H groups in total. The molecule has 0 heterocycles. The van der Waals surface area contributed by atoms with E-state index >= 15 is 0 Å². The molecule has 1 fully saturated rings. The van der Waals surface area contributed by atoms with Gasteiger partial charge in [0.2, 0.25) is 0 Å². The van der Waals surface area contributed by atoms with Crippen LogP contribution in [0.1, 0.15) is 52.4 Å². The summed E-state index contributed by atoms with van der Waals surface area (Å²) in [5.74, 6) is 4.03.